The molecule has 0 aromatic carbocycles. The van der Waals surface area contributed by atoms with Gasteiger partial charge in [0.25, 0.3) is 0 Å². The Balaban J connectivity index is 2.05. The lowest BCUT2D eigenvalue weighted by molar-refractivity contribution is -0.121. The third kappa shape index (κ3) is 2.82. The molecule has 0 saturated carbocycles. The molecule has 0 aliphatic heterocycles. The topological polar surface area (TPSA) is 66.6 Å². The summed E-state index contributed by atoms with van der Waals surface area (Å²) in [5.74, 6) is -0.130. The molecule has 0 saturated heterocycles. The largest absolute Gasteiger partial charge is 0.394 e. The summed E-state index contributed by atoms with van der Waals surface area (Å²) in [4.78, 5) is 15.9. The normalized spacial score (nSPS) is 12.6. The Hall–Kier alpha value is -1.88. The molecule has 90 valence electrons. The van der Waals surface area contributed by atoms with Gasteiger partial charge in [-0.15, -0.1) is 0 Å². The van der Waals surface area contributed by atoms with E-state index in [2.05, 4.69) is 10.3 Å². The lowest BCUT2D eigenvalue weighted by Gasteiger charge is -2.09. The zero-order valence-corrected chi connectivity index (χ0v) is 9.63. The SMILES string of the molecule is CC(CO)NC(=O)Cc1cn2ccccc2n1. The molecule has 2 aromatic rings. The minimum absolute atomic E-state index is 0.0586. The number of hydrogen-bond donors (Lipinski definition) is 2. The predicted molar refractivity (Wildman–Crippen MR) is 63.6 cm³/mol. The second kappa shape index (κ2) is 4.97. The summed E-state index contributed by atoms with van der Waals surface area (Å²) < 4.78 is 1.87. The van der Waals surface area contributed by atoms with Crippen LogP contribution in [0.15, 0.2) is 30.6 Å². The highest BCUT2D eigenvalue weighted by Gasteiger charge is 2.09. The first-order valence-corrected chi connectivity index (χ1v) is 5.52. The number of aliphatic hydroxyl groups is 1. The lowest BCUT2D eigenvalue weighted by atomic mass is 10.3. The molecule has 5 nitrogen and oxygen atoms in total. The Bertz CT molecular complexity index is 488. The van der Waals surface area contributed by atoms with Crippen molar-refractivity contribution >= 4 is 11.6 Å². The van der Waals surface area contributed by atoms with Gasteiger partial charge in [0.1, 0.15) is 5.65 Å². The third-order valence-electron chi connectivity index (χ3n) is 2.44. The highest BCUT2D eigenvalue weighted by molar-refractivity contribution is 5.78. The van der Waals surface area contributed by atoms with Crippen molar-refractivity contribution in [3.05, 3.63) is 36.3 Å². The average molecular weight is 233 g/mol. The van der Waals surface area contributed by atoms with Crippen LogP contribution in [-0.4, -0.2) is 33.0 Å². The number of nitrogens with zero attached hydrogens (tertiary/aromatic N) is 2. The van der Waals surface area contributed by atoms with E-state index in [4.69, 9.17) is 5.11 Å². The average Bonchev–Trinajstić information content (AvgIpc) is 2.70. The first-order valence-electron chi connectivity index (χ1n) is 5.52. The van der Waals surface area contributed by atoms with Crippen molar-refractivity contribution in [2.75, 3.05) is 6.61 Å². The van der Waals surface area contributed by atoms with Crippen molar-refractivity contribution in [3.8, 4) is 0 Å². The van der Waals surface area contributed by atoms with Gasteiger partial charge in [-0.1, -0.05) is 6.07 Å². The summed E-state index contributed by atoms with van der Waals surface area (Å²) in [6.07, 6.45) is 3.95. The van der Waals surface area contributed by atoms with Gasteiger partial charge in [0.2, 0.25) is 5.91 Å². The second-order valence-electron chi connectivity index (χ2n) is 4.03. The molecule has 0 radical (unpaired) electrons. The standard InChI is InChI=1S/C12H15N3O2/c1-9(8-16)13-12(17)6-10-7-15-5-3-2-4-11(15)14-10/h2-5,7,9,16H,6,8H2,1H3,(H,13,17). The van der Waals surface area contributed by atoms with E-state index in [-0.39, 0.29) is 25.0 Å². The molecule has 1 unspecified atom stereocenters. The number of carbonyl (C=O) groups is 1. The van der Waals surface area contributed by atoms with Crippen LogP contribution >= 0.6 is 0 Å². The molecule has 0 spiro atoms. The molecule has 0 fully saturated rings. The molecule has 2 heterocycles. The van der Waals surface area contributed by atoms with Gasteiger partial charge in [0.15, 0.2) is 0 Å². The van der Waals surface area contributed by atoms with Gasteiger partial charge in [-0.05, 0) is 19.1 Å². The fourth-order valence-electron chi connectivity index (χ4n) is 1.61. The number of pyridine rings is 1. The van der Waals surface area contributed by atoms with E-state index in [9.17, 15) is 4.79 Å². The maximum absolute atomic E-state index is 11.6. The number of imidazole rings is 1. The molecule has 2 N–H and O–H groups in total. The summed E-state index contributed by atoms with van der Waals surface area (Å²) in [5.41, 5.74) is 1.55. The van der Waals surface area contributed by atoms with Crippen molar-refractivity contribution in [2.24, 2.45) is 0 Å². The maximum Gasteiger partial charge on any atom is 0.226 e. The molecule has 0 aliphatic rings. The first-order chi connectivity index (χ1) is 8.19. The predicted octanol–water partition coefficient (Wildman–Crippen LogP) is 0.374. The Kier molecular flexibility index (Phi) is 3.39. The fraction of sp³-hybridized carbons (Fsp3) is 0.333. The minimum Gasteiger partial charge on any atom is -0.394 e. The summed E-state index contributed by atoms with van der Waals surface area (Å²) >= 11 is 0. The molecule has 2 rings (SSSR count). The van der Waals surface area contributed by atoms with Gasteiger partial charge < -0.3 is 14.8 Å². The van der Waals surface area contributed by atoms with Crippen molar-refractivity contribution in [3.63, 3.8) is 0 Å². The first kappa shape index (κ1) is 11.6. The van der Waals surface area contributed by atoms with Crippen LogP contribution in [-0.2, 0) is 11.2 Å². The number of carbonyl (C=O) groups excluding carboxylic acids is 1. The van der Waals surface area contributed by atoms with Crippen LogP contribution in [0.2, 0.25) is 0 Å². The van der Waals surface area contributed by atoms with Crippen molar-refractivity contribution in [2.45, 2.75) is 19.4 Å². The number of hydrogen-bond acceptors (Lipinski definition) is 3. The van der Waals surface area contributed by atoms with E-state index in [1.807, 2.05) is 35.0 Å². The Morgan fingerprint density at radius 2 is 2.41 bits per heavy atom. The van der Waals surface area contributed by atoms with Gasteiger partial charge in [0, 0.05) is 18.4 Å². The minimum atomic E-state index is -0.223. The number of aliphatic hydroxyl groups excluding tert-OH is 1. The van der Waals surface area contributed by atoms with E-state index in [0.717, 1.165) is 11.3 Å². The highest BCUT2D eigenvalue weighted by Crippen LogP contribution is 2.05. The van der Waals surface area contributed by atoms with Crippen molar-refractivity contribution < 1.29 is 9.90 Å². The van der Waals surface area contributed by atoms with Gasteiger partial charge in [-0.2, -0.15) is 0 Å². The number of aromatic nitrogens is 2. The zero-order chi connectivity index (χ0) is 12.3. The van der Waals surface area contributed by atoms with E-state index in [1.165, 1.54) is 0 Å². The molecule has 17 heavy (non-hydrogen) atoms. The van der Waals surface area contributed by atoms with Crippen LogP contribution in [0.3, 0.4) is 0 Å². The van der Waals surface area contributed by atoms with Crippen molar-refractivity contribution in [1.29, 1.82) is 0 Å². The van der Waals surface area contributed by atoms with Crippen LogP contribution in [0.25, 0.3) is 5.65 Å². The highest BCUT2D eigenvalue weighted by atomic mass is 16.3. The van der Waals surface area contributed by atoms with Gasteiger partial charge in [-0.25, -0.2) is 4.98 Å². The summed E-state index contributed by atoms with van der Waals surface area (Å²) in [7, 11) is 0. The van der Waals surface area contributed by atoms with Crippen LogP contribution in [0.5, 0.6) is 0 Å². The molecule has 0 aliphatic carbocycles. The van der Waals surface area contributed by atoms with Crippen molar-refractivity contribution in [1.82, 2.24) is 14.7 Å². The Labute approximate surface area is 99.1 Å². The van der Waals surface area contributed by atoms with Crippen LogP contribution < -0.4 is 5.32 Å². The monoisotopic (exact) mass is 233 g/mol. The van der Waals surface area contributed by atoms with E-state index in [0.29, 0.717) is 0 Å². The van der Waals surface area contributed by atoms with Gasteiger partial charge >= 0.3 is 0 Å². The summed E-state index contributed by atoms with van der Waals surface area (Å²) in [6.45, 7) is 1.69. The molecular weight excluding hydrogens is 218 g/mol. The van der Waals surface area contributed by atoms with Gasteiger partial charge in [0.05, 0.1) is 18.7 Å². The molecular formula is C12H15N3O2. The second-order valence-corrected chi connectivity index (χ2v) is 4.03. The van der Waals surface area contributed by atoms with E-state index in [1.54, 1.807) is 6.92 Å². The molecule has 2 aromatic heterocycles. The Morgan fingerprint density at radius 1 is 1.59 bits per heavy atom. The summed E-state index contributed by atoms with van der Waals surface area (Å²) in [6, 6.07) is 5.48. The number of fused-ring (bicyclic) bond motifs is 1. The number of nitrogens with one attached hydrogen (secondary N) is 1. The fourth-order valence-corrected chi connectivity index (χ4v) is 1.61. The summed E-state index contributed by atoms with van der Waals surface area (Å²) in [5, 5.41) is 11.5. The van der Waals surface area contributed by atoms with E-state index < -0.39 is 0 Å². The maximum atomic E-state index is 11.6. The van der Waals surface area contributed by atoms with E-state index >= 15 is 0 Å². The van der Waals surface area contributed by atoms with Crippen LogP contribution in [0.4, 0.5) is 0 Å². The zero-order valence-electron chi connectivity index (χ0n) is 9.63. The quantitative estimate of drug-likeness (QED) is 0.802. The number of rotatable bonds is 4. The van der Waals surface area contributed by atoms with Crippen LogP contribution in [0.1, 0.15) is 12.6 Å². The molecule has 1 atom stereocenters. The van der Waals surface area contributed by atoms with Crippen LogP contribution in [0, 0.1) is 0 Å². The Morgan fingerprint density at radius 3 is 3.12 bits per heavy atom. The van der Waals surface area contributed by atoms with Gasteiger partial charge in [-0.3, -0.25) is 4.79 Å². The molecule has 0 bridgehead atoms. The number of amides is 1. The molecule has 5 heteroatoms. The molecule has 1 amide bonds. The smallest absolute Gasteiger partial charge is 0.226 e. The third-order valence-corrected chi connectivity index (χ3v) is 2.44. The lowest BCUT2D eigenvalue weighted by Crippen LogP contribution is -2.36.